The second-order valence-electron chi connectivity index (χ2n) is 7.49. The molecule has 3 N–H and O–H groups in total. The number of nitrogens with one attached hydrogen (secondary N) is 1. The number of aromatic nitrogens is 2. The van der Waals surface area contributed by atoms with Crippen molar-refractivity contribution < 1.29 is 0 Å². The van der Waals surface area contributed by atoms with Gasteiger partial charge in [-0.25, -0.2) is 4.98 Å². The minimum atomic E-state index is 0.745. The first-order valence-electron chi connectivity index (χ1n) is 10.0. The van der Waals surface area contributed by atoms with Crippen molar-refractivity contribution in [2.24, 2.45) is 0 Å². The summed E-state index contributed by atoms with van der Waals surface area (Å²) in [6, 6.07) is 24.7. The van der Waals surface area contributed by atoms with Gasteiger partial charge in [-0.05, 0) is 36.8 Å². The molecule has 4 nitrogen and oxygen atoms in total. The van der Waals surface area contributed by atoms with Crippen LogP contribution in [0.3, 0.4) is 0 Å². The minimum Gasteiger partial charge on any atom is -0.399 e. The molecule has 0 aliphatic rings. The zero-order chi connectivity index (χ0) is 21.1. The monoisotopic (exact) mass is 394 g/mol. The maximum Gasteiger partial charge on any atom is 0.138 e. The van der Waals surface area contributed by atoms with Gasteiger partial charge in [-0.1, -0.05) is 60.7 Å². The highest BCUT2D eigenvalue weighted by molar-refractivity contribution is 5.82. The summed E-state index contributed by atoms with van der Waals surface area (Å²) in [6.45, 7) is 2.02. The Hall–Kier alpha value is -3.79. The first kappa shape index (κ1) is 19.5. The van der Waals surface area contributed by atoms with E-state index in [1.54, 1.807) is 0 Å². The number of hydrogen-bond acceptors (Lipinski definition) is 3. The summed E-state index contributed by atoms with van der Waals surface area (Å²) in [5.74, 6) is 0.848. The lowest BCUT2D eigenvalue weighted by atomic mass is 10.0. The SMILES string of the molecule is C/C=C/c1ccc(-c2nc(-c3ccc(N(C)C)cc3)c(-c3ccc(N)cc3)[nH]2)cc1. The molecule has 3 aromatic carbocycles. The van der Waals surface area contributed by atoms with E-state index in [1.807, 2.05) is 51.4 Å². The van der Waals surface area contributed by atoms with Crippen LogP contribution in [0.1, 0.15) is 12.5 Å². The highest BCUT2D eigenvalue weighted by Crippen LogP contribution is 2.34. The Kier molecular flexibility index (Phi) is 5.40. The van der Waals surface area contributed by atoms with E-state index in [2.05, 4.69) is 64.5 Å². The fourth-order valence-electron chi connectivity index (χ4n) is 3.44. The van der Waals surface area contributed by atoms with Crippen LogP contribution < -0.4 is 10.6 Å². The fourth-order valence-corrected chi connectivity index (χ4v) is 3.44. The molecule has 0 saturated carbocycles. The first-order chi connectivity index (χ1) is 14.5. The van der Waals surface area contributed by atoms with Crippen LogP contribution in [0.5, 0.6) is 0 Å². The standard InChI is InChI=1S/C26H26N4/c1-4-5-18-6-8-21(9-7-18)26-28-24(19-10-14-22(27)15-11-19)25(29-26)20-12-16-23(17-13-20)30(2)3/h4-17H,27H2,1-3H3,(H,28,29)/b5-4+. The molecular weight excluding hydrogens is 368 g/mol. The number of aromatic amines is 1. The summed E-state index contributed by atoms with van der Waals surface area (Å²) < 4.78 is 0. The summed E-state index contributed by atoms with van der Waals surface area (Å²) >= 11 is 0. The number of anilines is 2. The Morgan fingerprint density at radius 1 is 0.800 bits per heavy atom. The van der Waals surface area contributed by atoms with E-state index in [0.29, 0.717) is 0 Å². The number of benzene rings is 3. The average molecular weight is 395 g/mol. The molecule has 0 fully saturated rings. The summed E-state index contributed by atoms with van der Waals surface area (Å²) in [5.41, 5.74) is 14.1. The molecule has 4 rings (SSSR count). The third kappa shape index (κ3) is 3.98. The molecule has 0 saturated heterocycles. The Balaban J connectivity index is 1.81. The number of nitrogen functional groups attached to an aromatic ring is 1. The number of imidazole rings is 1. The summed E-state index contributed by atoms with van der Waals surface area (Å²) in [4.78, 5) is 10.6. The van der Waals surface area contributed by atoms with E-state index in [1.165, 1.54) is 5.56 Å². The van der Waals surface area contributed by atoms with Crippen LogP contribution in [0.4, 0.5) is 11.4 Å². The lowest BCUT2D eigenvalue weighted by molar-refractivity contribution is 1.13. The van der Waals surface area contributed by atoms with Crippen molar-refractivity contribution in [2.45, 2.75) is 6.92 Å². The maximum absolute atomic E-state index is 5.90. The third-order valence-corrected chi connectivity index (χ3v) is 5.10. The molecular formula is C26H26N4. The number of nitrogens with two attached hydrogens (primary N) is 1. The Labute approximate surface area is 177 Å². The van der Waals surface area contributed by atoms with Crippen molar-refractivity contribution in [2.75, 3.05) is 24.7 Å². The largest absolute Gasteiger partial charge is 0.399 e. The zero-order valence-corrected chi connectivity index (χ0v) is 17.6. The smallest absolute Gasteiger partial charge is 0.138 e. The van der Waals surface area contributed by atoms with Crippen LogP contribution in [-0.4, -0.2) is 24.1 Å². The number of allylic oxidation sites excluding steroid dienone is 1. The quantitative estimate of drug-likeness (QED) is 0.403. The number of rotatable bonds is 5. The molecule has 0 amide bonds. The summed E-state index contributed by atoms with van der Waals surface area (Å²) in [6.07, 6.45) is 4.13. The van der Waals surface area contributed by atoms with Gasteiger partial charge in [0.15, 0.2) is 0 Å². The second kappa shape index (κ2) is 8.29. The highest BCUT2D eigenvalue weighted by Gasteiger charge is 2.15. The van der Waals surface area contributed by atoms with Gasteiger partial charge in [0.2, 0.25) is 0 Å². The van der Waals surface area contributed by atoms with Crippen LogP contribution in [-0.2, 0) is 0 Å². The zero-order valence-electron chi connectivity index (χ0n) is 17.6. The first-order valence-corrected chi connectivity index (χ1v) is 10.0. The van der Waals surface area contributed by atoms with E-state index in [9.17, 15) is 0 Å². The van der Waals surface area contributed by atoms with Crippen LogP contribution >= 0.6 is 0 Å². The van der Waals surface area contributed by atoms with Gasteiger partial charge in [0.25, 0.3) is 0 Å². The van der Waals surface area contributed by atoms with Crippen molar-refractivity contribution >= 4 is 17.5 Å². The summed E-state index contributed by atoms with van der Waals surface area (Å²) in [7, 11) is 4.08. The molecule has 30 heavy (non-hydrogen) atoms. The predicted octanol–water partition coefficient (Wildman–Crippen LogP) is 6.09. The van der Waals surface area contributed by atoms with E-state index in [-0.39, 0.29) is 0 Å². The molecule has 0 unspecified atom stereocenters. The van der Waals surface area contributed by atoms with E-state index >= 15 is 0 Å². The number of hydrogen-bond donors (Lipinski definition) is 2. The van der Waals surface area contributed by atoms with Gasteiger partial charge in [-0.2, -0.15) is 0 Å². The lowest BCUT2D eigenvalue weighted by Gasteiger charge is -2.12. The molecule has 0 spiro atoms. The van der Waals surface area contributed by atoms with Crippen molar-refractivity contribution in [1.82, 2.24) is 9.97 Å². The molecule has 1 aromatic heterocycles. The Morgan fingerprint density at radius 3 is 2.00 bits per heavy atom. The van der Waals surface area contributed by atoms with Crippen LogP contribution in [0.2, 0.25) is 0 Å². The van der Waals surface area contributed by atoms with Gasteiger partial charge in [-0.3, -0.25) is 0 Å². The van der Waals surface area contributed by atoms with Gasteiger partial charge in [0.1, 0.15) is 5.82 Å². The topological polar surface area (TPSA) is 57.9 Å². The highest BCUT2D eigenvalue weighted by atomic mass is 15.1. The number of nitrogens with zero attached hydrogens (tertiary/aromatic N) is 2. The van der Waals surface area contributed by atoms with E-state index in [4.69, 9.17) is 10.7 Å². The van der Waals surface area contributed by atoms with E-state index in [0.717, 1.165) is 45.3 Å². The second-order valence-corrected chi connectivity index (χ2v) is 7.49. The van der Waals surface area contributed by atoms with Crippen molar-refractivity contribution in [3.8, 4) is 33.9 Å². The fraction of sp³-hybridized carbons (Fsp3) is 0.115. The normalized spacial score (nSPS) is 11.2. The third-order valence-electron chi connectivity index (χ3n) is 5.10. The maximum atomic E-state index is 5.90. The van der Waals surface area contributed by atoms with Gasteiger partial charge in [0.05, 0.1) is 11.4 Å². The van der Waals surface area contributed by atoms with E-state index < -0.39 is 0 Å². The number of H-pyrrole nitrogens is 1. The molecule has 0 aliphatic carbocycles. The molecule has 0 atom stereocenters. The van der Waals surface area contributed by atoms with Crippen LogP contribution in [0.15, 0.2) is 78.9 Å². The van der Waals surface area contributed by atoms with Gasteiger partial charge < -0.3 is 15.6 Å². The molecule has 4 aromatic rings. The van der Waals surface area contributed by atoms with Crippen LogP contribution in [0.25, 0.3) is 40.0 Å². The lowest BCUT2D eigenvalue weighted by Crippen LogP contribution is -2.07. The van der Waals surface area contributed by atoms with Gasteiger partial charge in [-0.15, -0.1) is 0 Å². The molecule has 0 radical (unpaired) electrons. The van der Waals surface area contributed by atoms with Crippen molar-refractivity contribution in [3.63, 3.8) is 0 Å². The molecule has 150 valence electrons. The van der Waals surface area contributed by atoms with Crippen LogP contribution in [0, 0.1) is 0 Å². The molecule has 0 aliphatic heterocycles. The van der Waals surface area contributed by atoms with Gasteiger partial charge in [0, 0.05) is 42.2 Å². The molecule has 0 bridgehead atoms. The predicted molar refractivity (Wildman–Crippen MR) is 128 cm³/mol. The average Bonchev–Trinajstić information content (AvgIpc) is 3.20. The molecule has 4 heteroatoms. The molecule has 1 heterocycles. The van der Waals surface area contributed by atoms with Crippen molar-refractivity contribution in [3.05, 3.63) is 84.4 Å². The Morgan fingerprint density at radius 2 is 1.40 bits per heavy atom. The van der Waals surface area contributed by atoms with Gasteiger partial charge >= 0.3 is 0 Å². The Bertz CT molecular complexity index is 1150. The summed E-state index contributed by atoms with van der Waals surface area (Å²) in [5, 5.41) is 0. The minimum absolute atomic E-state index is 0.745. The van der Waals surface area contributed by atoms with Crippen molar-refractivity contribution in [1.29, 1.82) is 0 Å².